The van der Waals surface area contributed by atoms with Crippen LogP contribution in [0.4, 0.5) is 5.69 Å². The second kappa shape index (κ2) is 3.29. The molecule has 0 bridgehead atoms. The van der Waals surface area contributed by atoms with E-state index in [9.17, 15) is 0 Å². The number of rotatable bonds is 2. The van der Waals surface area contributed by atoms with Gasteiger partial charge in [-0.25, -0.2) is 0 Å². The Labute approximate surface area is 78.7 Å². The van der Waals surface area contributed by atoms with E-state index in [1.54, 1.807) is 0 Å². The lowest BCUT2D eigenvalue weighted by atomic mass is 10.1. The Balaban J connectivity index is 2.16. The maximum Gasteiger partial charge on any atom is 0.123 e. The van der Waals surface area contributed by atoms with Crippen LogP contribution in [0.15, 0.2) is 18.2 Å². The molecule has 1 aliphatic rings. The molecule has 2 rings (SSSR count). The molecule has 0 spiro atoms. The van der Waals surface area contributed by atoms with Crippen molar-refractivity contribution in [3.63, 3.8) is 0 Å². The van der Waals surface area contributed by atoms with Crippen LogP contribution in [0.25, 0.3) is 0 Å². The molecule has 1 atom stereocenters. The third-order valence-corrected chi connectivity index (χ3v) is 2.44. The van der Waals surface area contributed by atoms with Crippen LogP contribution in [0, 0.1) is 0 Å². The highest BCUT2D eigenvalue weighted by molar-refractivity contribution is 5.49. The van der Waals surface area contributed by atoms with Gasteiger partial charge in [-0.15, -0.1) is 0 Å². The third-order valence-electron chi connectivity index (χ3n) is 2.44. The molecule has 0 saturated heterocycles. The van der Waals surface area contributed by atoms with Gasteiger partial charge in [0.2, 0.25) is 0 Å². The lowest BCUT2D eigenvalue weighted by molar-refractivity contribution is 0.220. The van der Waals surface area contributed by atoms with Gasteiger partial charge in [-0.05, 0) is 30.2 Å². The quantitative estimate of drug-likeness (QED) is 0.704. The smallest absolute Gasteiger partial charge is 0.123 e. The van der Waals surface area contributed by atoms with Gasteiger partial charge in [-0.1, -0.05) is 13.3 Å². The second-order valence-corrected chi connectivity index (χ2v) is 3.60. The zero-order chi connectivity index (χ0) is 9.26. The number of ether oxygens (including phenoxy) is 1. The van der Waals surface area contributed by atoms with E-state index in [1.807, 2.05) is 18.2 Å². The van der Waals surface area contributed by atoms with Crippen molar-refractivity contribution >= 4 is 5.69 Å². The molecule has 1 unspecified atom stereocenters. The Morgan fingerprint density at radius 1 is 1.54 bits per heavy atom. The van der Waals surface area contributed by atoms with Gasteiger partial charge in [0.15, 0.2) is 0 Å². The molecule has 2 nitrogen and oxygen atoms in total. The van der Waals surface area contributed by atoms with Crippen LogP contribution in [-0.4, -0.2) is 6.10 Å². The van der Waals surface area contributed by atoms with E-state index in [2.05, 4.69) is 6.92 Å². The van der Waals surface area contributed by atoms with Gasteiger partial charge < -0.3 is 10.5 Å². The highest BCUT2D eigenvalue weighted by Gasteiger charge is 2.21. The summed E-state index contributed by atoms with van der Waals surface area (Å²) >= 11 is 0. The molecule has 0 aromatic heterocycles. The van der Waals surface area contributed by atoms with Crippen molar-refractivity contribution in [2.45, 2.75) is 32.3 Å². The van der Waals surface area contributed by atoms with Crippen molar-refractivity contribution in [3.05, 3.63) is 23.8 Å². The summed E-state index contributed by atoms with van der Waals surface area (Å²) in [5, 5.41) is 0. The van der Waals surface area contributed by atoms with Crippen molar-refractivity contribution in [2.75, 3.05) is 5.73 Å². The van der Waals surface area contributed by atoms with Crippen LogP contribution in [0.3, 0.4) is 0 Å². The minimum absolute atomic E-state index is 0.377. The molecule has 0 saturated carbocycles. The molecule has 0 aliphatic carbocycles. The van der Waals surface area contributed by atoms with Crippen LogP contribution >= 0.6 is 0 Å². The lowest BCUT2D eigenvalue weighted by Gasteiger charge is -2.07. The molecule has 1 heterocycles. The first-order valence-corrected chi connectivity index (χ1v) is 4.84. The van der Waals surface area contributed by atoms with E-state index < -0.39 is 0 Å². The van der Waals surface area contributed by atoms with E-state index in [0.29, 0.717) is 6.10 Å². The Bertz CT molecular complexity index is 309. The van der Waals surface area contributed by atoms with E-state index >= 15 is 0 Å². The summed E-state index contributed by atoms with van der Waals surface area (Å²) < 4.78 is 5.75. The first-order valence-electron chi connectivity index (χ1n) is 4.84. The molecule has 13 heavy (non-hydrogen) atoms. The first kappa shape index (κ1) is 8.42. The van der Waals surface area contributed by atoms with Crippen molar-refractivity contribution < 1.29 is 4.74 Å². The van der Waals surface area contributed by atoms with Crippen molar-refractivity contribution in [3.8, 4) is 5.75 Å². The maximum absolute atomic E-state index is 5.75. The number of benzene rings is 1. The molecule has 70 valence electrons. The fraction of sp³-hybridized carbons (Fsp3) is 0.455. The van der Waals surface area contributed by atoms with Crippen molar-refractivity contribution in [1.29, 1.82) is 0 Å². The van der Waals surface area contributed by atoms with E-state index in [0.717, 1.165) is 24.3 Å². The normalized spacial score (nSPS) is 19.6. The van der Waals surface area contributed by atoms with Crippen LogP contribution in [0.2, 0.25) is 0 Å². The number of hydrogen-bond donors (Lipinski definition) is 1. The summed E-state index contributed by atoms with van der Waals surface area (Å²) in [6.07, 6.45) is 3.71. The van der Waals surface area contributed by atoms with Gasteiger partial charge in [-0.3, -0.25) is 0 Å². The minimum atomic E-state index is 0.377. The fourth-order valence-electron chi connectivity index (χ4n) is 1.82. The van der Waals surface area contributed by atoms with Crippen LogP contribution in [0.1, 0.15) is 25.3 Å². The average Bonchev–Trinajstić information content (AvgIpc) is 2.46. The molecule has 1 aliphatic heterocycles. The Hall–Kier alpha value is -1.18. The minimum Gasteiger partial charge on any atom is -0.490 e. The Kier molecular flexibility index (Phi) is 2.13. The first-order chi connectivity index (χ1) is 6.29. The van der Waals surface area contributed by atoms with Crippen LogP contribution < -0.4 is 10.5 Å². The molecular weight excluding hydrogens is 162 g/mol. The SMILES string of the molecule is CCCC1Cc2cc(N)ccc2O1. The van der Waals surface area contributed by atoms with Crippen molar-refractivity contribution in [1.82, 2.24) is 0 Å². The number of nitrogens with two attached hydrogens (primary N) is 1. The molecular formula is C11H15NO. The summed E-state index contributed by atoms with van der Waals surface area (Å²) in [7, 11) is 0. The monoisotopic (exact) mass is 177 g/mol. The predicted octanol–water partition coefficient (Wildman–Crippen LogP) is 2.37. The molecule has 2 heteroatoms. The number of hydrogen-bond acceptors (Lipinski definition) is 2. The fourth-order valence-corrected chi connectivity index (χ4v) is 1.82. The summed E-state index contributed by atoms with van der Waals surface area (Å²) in [5.41, 5.74) is 7.79. The average molecular weight is 177 g/mol. The summed E-state index contributed by atoms with van der Waals surface area (Å²) in [6.45, 7) is 2.18. The van der Waals surface area contributed by atoms with Gasteiger partial charge in [-0.2, -0.15) is 0 Å². The molecule has 2 N–H and O–H groups in total. The summed E-state index contributed by atoms with van der Waals surface area (Å²) in [4.78, 5) is 0. The third kappa shape index (κ3) is 1.62. The summed E-state index contributed by atoms with van der Waals surface area (Å²) in [6, 6.07) is 5.89. The standard InChI is InChI=1S/C11H15NO/c1-2-3-10-7-8-6-9(12)4-5-11(8)13-10/h4-6,10H,2-3,7,12H2,1H3. The second-order valence-electron chi connectivity index (χ2n) is 3.60. The van der Waals surface area contributed by atoms with E-state index in [1.165, 1.54) is 12.0 Å². The van der Waals surface area contributed by atoms with E-state index in [4.69, 9.17) is 10.5 Å². The molecule has 0 amide bonds. The number of anilines is 1. The Morgan fingerprint density at radius 3 is 3.15 bits per heavy atom. The van der Waals surface area contributed by atoms with Crippen LogP contribution in [0.5, 0.6) is 5.75 Å². The topological polar surface area (TPSA) is 35.2 Å². The molecule has 1 aromatic carbocycles. The molecule has 0 radical (unpaired) electrons. The van der Waals surface area contributed by atoms with Gasteiger partial charge in [0.05, 0.1) is 0 Å². The zero-order valence-corrected chi connectivity index (χ0v) is 7.92. The Morgan fingerprint density at radius 2 is 2.38 bits per heavy atom. The molecule has 0 fully saturated rings. The van der Waals surface area contributed by atoms with Crippen LogP contribution in [-0.2, 0) is 6.42 Å². The van der Waals surface area contributed by atoms with Gasteiger partial charge in [0.1, 0.15) is 11.9 Å². The predicted molar refractivity (Wildman–Crippen MR) is 53.9 cm³/mol. The lowest BCUT2D eigenvalue weighted by Crippen LogP contribution is -2.11. The van der Waals surface area contributed by atoms with E-state index in [-0.39, 0.29) is 0 Å². The zero-order valence-electron chi connectivity index (χ0n) is 7.92. The van der Waals surface area contributed by atoms with Gasteiger partial charge >= 0.3 is 0 Å². The van der Waals surface area contributed by atoms with Gasteiger partial charge in [0.25, 0.3) is 0 Å². The highest BCUT2D eigenvalue weighted by Crippen LogP contribution is 2.31. The number of nitrogen functional groups attached to an aromatic ring is 1. The largest absolute Gasteiger partial charge is 0.490 e. The highest BCUT2D eigenvalue weighted by atomic mass is 16.5. The van der Waals surface area contributed by atoms with Crippen molar-refractivity contribution in [2.24, 2.45) is 0 Å². The number of fused-ring (bicyclic) bond motifs is 1. The molecule has 1 aromatic rings. The summed E-state index contributed by atoms with van der Waals surface area (Å²) in [5.74, 6) is 1.02. The maximum atomic E-state index is 5.75. The van der Waals surface area contributed by atoms with Gasteiger partial charge in [0, 0.05) is 12.1 Å².